The number of aromatic nitrogens is 1. The zero-order valence-electron chi connectivity index (χ0n) is 19.5. The van der Waals surface area contributed by atoms with Gasteiger partial charge in [0.05, 0.1) is 0 Å². The van der Waals surface area contributed by atoms with Crippen LogP contribution in [0.5, 0.6) is 0 Å². The van der Waals surface area contributed by atoms with E-state index in [9.17, 15) is 0 Å². The van der Waals surface area contributed by atoms with Crippen molar-refractivity contribution in [2.24, 2.45) is 0 Å². The first kappa shape index (κ1) is 20.4. The molecule has 0 aliphatic rings. The molecule has 0 fully saturated rings. The third kappa shape index (κ3) is 2.84. The summed E-state index contributed by atoms with van der Waals surface area (Å²) in [5, 5.41) is 2.87. The van der Waals surface area contributed by atoms with Gasteiger partial charge in [-0.15, -0.1) is 0 Å². The van der Waals surface area contributed by atoms with Gasteiger partial charge in [0.15, 0.2) is 0 Å². The summed E-state index contributed by atoms with van der Waals surface area (Å²) in [7, 11) is 13.8. The van der Waals surface area contributed by atoms with E-state index in [0.717, 1.165) is 0 Å². The Kier molecular flexibility index (Phi) is 4.57. The Balaban J connectivity index is 2.69. The largest absolute Gasteiger partial charge is 0.356 e. The molecule has 7 heteroatoms. The predicted molar refractivity (Wildman–Crippen MR) is 142 cm³/mol. The normalized spacial score (nSPS) is 13.0. The Morgan fingerprint density at radius 3 is 1.04 bits per heavy atom. The smallest absolute Gasteiger partial charge is 0.141 e. The maximum absolute atomic E-state index is 3.84. The predicted octanol–water partition coefficient (Wildman–Crippen LogP) is -4.53. The number of H-pyrrole nitrogens is 1. The second-order valence-electron chi connectivity index (χ2n) is 10.6. The van der Waals surface area contributed by atoms with Gasteiger partial charge in [-0.05, 0) is 10.8 Å². The van der Waals surface area contributed by atoms with Crippen LogP contribution < -0.4 is 32.8 Å². The van der Waals surface area contributed by atoms with Crippen LogP contribution in [0.15, 0.2) is 0 Å². The molecule has 0 bridgehead atoms. The SMILES string of the molecule is Bc1c(C(C)(C)C)c(B)c2c([nH]c3c(B)c(B)c(C(C)(C)C)c(B)c32)c1B. The van der Waals surface area contributed by atoms with Crippen LogP contribution in [0.1, 0.15) is 52.7 Å². The molecule has 1 aromatic heterocycles. The minimum Gasteiger partial charge on any atom is -0.356 e. The third-order valence-corrected chi connectivity index (χ3v) is 6.62. The fraction of sp³-hybridized carbons (Fsp3) is 0.400. The number of hydrogen-bond acceptors (Lipinski definition) is 0. The third-order valence-electron chi connectivity index (χ3n) is 6.62. The van der Waals surface area contributed by atoms with Gasteiger partial charge in [-0.1, -0.05) is 85.4 Å². The van der Waals surface area contributed by atoms with Crippen LogP contribution in [0, 0.1) is 0 Å². The summed E-state index contributed by atoms with van der Waals surface area (Å²) in [6.07, 6.45) is 0. The van der Waals surface area contributed by atoms with Crippen LogP contribution in [-0.2, 0) is 10.8 Å². The van der Waals surface area contributed by atoms with Crippen LogP contribution in [0.25, 0.3) is 21.8 Å². The Labute approximate surface area is 170 Å². The molecule has 2 aromatic carbocycles. The standard InChI is InChI=1S/C20H31B6N/c1-19(2,3)9-11(21)7-8-12(22)10(20(4,5)6)14(24)16(26)18(8)27-17(7)15(25)13(9)23/h27H,21-26H2,1-6H3. The highest BCUT2D eigenvalue weighted by Gasteiger charge is 2.27. The molecular weight excluding hydrogens is 319 g/mol. The van der Waals surface area contributed by atoms with Crippen LogP contribution in [0.2, 0.25) is 0 Å². The number of aromatic amines is 1. The second-order valence-corrected chi connectivity index (χ2v) is 10.6. The van der Waals surface area contributed by atoms with E-state index in [4.69, 9.17) is 0 Å². The number of rotatable bonds is 0. The minimum absolute atomic E-state index is 0.136. The second kappa shape index (κ2) is 6.06. The Morgan fingerprint density at radius 2 is 0.778 bits per heavy atom. The van der Waals surface area contributed by atoms with Crippen molar-refractivity contribution in [2.45, 2.75) is 52.4 Å². The van der Waals surface area contributed by atoms with E-state index in [1.54, 1.807) is 0 Å². The topological polar surface area (TPSA) is 15.8 Å². The summed E-state index contributed by atoms with van der Waals surface area (Å²) in [5.74, 6) is 0. The molecule has 0 aliphatic carbocycles. The summed E-state index contributed by atoms with van der Waals surface area (Å²) < 4.78 is 0. The van der Waals surface area contributed by atoms with Crippen molar-refractivity contribution in [3.8, 4) is 0 Å². The van der Waals surface area contributed by atoms with Gasteiger partial charge in [0.25, 0.3) is 0 Å². The van der Waals surface area contributed by atoms with Gasteiger partial charge in [-0.25, -0.2) is 0 Å². The molecular formula is C20H31B6N. The lowest BCUT2D eigenvalue weighted by atomic mass is 9.62. The Morgan fingerprint density at radius 1 is 0.481 bits per heavy atom. The summed E-state index contributed by atoms with van der Waals surface area (Å²) in [4.78, 5) is 3.84. The zero-order chi connectivity index (χ0) is 20.6. The van der Waals surface area contributed by atoms with E-state index < -0.39 is 0 Å². The highest BCUT2D eigenvalue weighted by Crippen LogP contribution is 2.27. The average Bonchev–Trinajstić information content (AvgIpc) is 2.89. The van der Waals surface area contributed by atoms with Crippen molar-refractivity contribution < 1.29 is 0 Å². The molecule has 0 aliphatic heterocycles. The van der Waals surface area contributed by atoms with Crippen LogP contribution in [0.4, 0.5) is 0 Å². The molecule has 3 rings (SSSR count). The van der Waals surface area contributed by atoms with Crippen molar-refractivity contribution in [1.82, 2.24) is 4.98 Å². The summed E-state index contributed by atoms with van der Waals surface area (Å²) in [6.45, 7) is 14.0. The average molecular weight is 350 g/mol. The molecule has 27 heavy (non-hydrogen) atoms. The summed E-state index contributed by atoms with van der Waals surface area (Å²) >= 11 is 0. The Hall–Kier alpha value is -1.37. The maximum Gasteiger partial charge on any atom is 0.141 e. The maximum atomic E-state index is 3.84. The first-order chi connectivity index (χ1) is 12.2. The fourth-order valence-corrected chi connectivity index (χ4v) is 5.62. The van der Waals surface area contributed by atoms with Crippen molar-refractivity contribution in [2.75, 3.05) is 0 Å². The first-order valence-corrected chi connectivity index (χ1v) is 10.2. The summed E-state index contributed by atoms with van der Waals surface area (Å²) in [5.41, 5.74) is 14.5. The Bertz CT molecular complexity index is 1010. The number of fused-ring (bicyclic) bond motifs is 3. The van der Waals surface area contributed by atoms with E-state index in [1.807, 2.05) is 0 Å². The molecule has 0 amide bonds. The lowest BCUT2D eigenvalue weighted by molar-refractivity contribution is 0.598. The lowest BCUT2D eigenvalue weighted by Crippen LogP contribution is -2.42. The molecule has 1 heterocycles. The van der Waals surface area contributed by atoms with Crippen LogP contribution in [0.3, 0.4) is 0 Å². The van der Waals surface area contributed by atoms with Crippen molar-refractivity contribution in [1.29, 1.82) is 0 Å². The van der Waals surface area contributed by atoms with Crippen molar-refractivity contribution in [3.63, 3.8) is 0 Å². The van der Waals surface area contributed by atoms with E-state index in [0.29, 0.717) is 0 Å². The van der Waals surface area contributed by atoms with Gasteiger partial charge in [0.2, 0.25) is 0 Å². The molecule has 0 radical (unpaired) electrons. The molecule has 0 saturated heterocycles. The van der Waals surface area contributed by atoms with E-state index in [1.165, 1.54) is 65.7 Å². The van der Waals surface area contributed by atoms with Gasteiger partial charge < -0.3 is 4.98 Å². The molecule has 0 unspecified atom stereocenters. The van der Waals surface area contributed by atoms with E-state index in [2.05, 4.69) is 93.6 Å². The molecule has 0 saturated carbocycles. The summed E-state index contributed by atoms with van der Waals surface area (Å²) in [6, 6.07) is 0. The van der Waals surface area contributed by atoms with Crippen molar-refractivity contribution >= 4 is 102 Å². The molecule has 1 N–H and O–H groups in total. The number of nitrogens with one attached hydrogen (secondary N) is 1. The minimum atomic E-state index is 0.136. The highest BCUT2D eigenvalue weighted by atomic mass is 14.7. The lowest BCUT2D eigenvalue weighted by Gasteiger charge is -2.29. The van der Waals surface area contributed by atoms with Gasteiger partial charge in [0, 0.05) is 21.8 Å². The highest BCUT2D eigenvalue weighted by molar-refractivity contribution is 6.62. The molecule has 1 nitrogen and oxygen atoms in total. The van der Waals surface area contributed by atoms with Crippen LogP contribution in [-0.4, -0.2) is 52.1 Å². The monoisotopic (exact) mass is 351 g/mol. The van der Waals surface area contributed by atoms with E-state index >= 15 is 0 Å². The van der Waals surface area contributed by atoms with Crippen LogP contribution >= 0.6 is 0 Å². The molecule has 134 valence electrons. The van der Waals surface area contributed by atoms with Gasteiger partial charge >= 0.3 is 0 Å². The van der Waals surface area contributed by atoms with Crippen molar-refractivity contribution in [3.05, 3.63) is 11.1 Å². The van der Waals surface area contributed by atoms with Gasteiger partial charge in [-0.3, -0.25) is 0 Å². The first-order valence-electron chi connectivity index (χ1n) is 10.2. The van der Waals surface area contributed by atoms with Gasteiger partial charge in [0.1, 0.15) is 47.1 Å². The van der Waals surface area contributed by atoms with Gasteiger partial charge in [-0.2, -0.15) is 0 Å². The quantitative estimate of drug-likeness (QED) is 0.393. The van der Waals surface area contributed by atoms with E-state index in [-0.39, 0.29) is 10.8 Å². The number of hydrogen-bond donors (Lipinski definition) is 1. The molecule has 0 spiro atoms. The molecule has 3 aromatic rings. The molecule has 0 atom stereocenters. The fourth-order valence-electron chi connectivity index (χ4n) is 5.62. The zero-order valence-corrected chi connectivity index (χ0v) is 19.5. The number of benzene rings is 2.